The zero-order valence-electron chi connectivity index (χ0n) is 17.6. The van der Waals surface area contributed by atoms with E-state index in [1.54, 1.807) is 0 Å². The van der Waals surface area contributed by atoms with Gasteiger partial charge < -0.3 is 5.11 Å². The number of aliphatic hydroxyl groups is 1. The second-order valence-electron chi connectivity index (χ2n) is 8.58. The van der Waals surface area contributed by atoms with Gasteiger partial charge in [-0.1, -0.05) is 72.3 Å². The van der Waals surface area contributed by atoms with Crippen LogP contribution in [0.5, 0.6) is 0 Å². The zero-order valence-corrected chi connectivity index (χ0v) is 17.6. The first kappa shape index (κ1) is 19.1. The Morgan fingerprint density at radius 3 is 2.23 bits per heavy atom. The Bertz CT molecular complexity index is 1050. The van der Waals surface area contributed by atoms with Crippen molar-refractivity contribution >= 4 is 11.5 Å². The van der Waals surface area contributed by atoms with Crippen LogP contribution in [0.2, 0.25) is 0 Å². The molecule has 152 valence electrons. The summed E-state index contributed by atoms with van der Waals surface area (Å²) in [5, 5.41) is 12.0. The fraction of sp³-hybridized carbons (Fsp3) is 0.296. The molecule has 2 aliphatic rings. The molecule has 0 unspecified atom stereocenters. The molecule has 3 aromatic rings. The van der Waals surface area contributed by atoms with E-state index in [0.717, 1.165) is 24.2 Å². The van der Waals surface area contributed by atoms with E-state index in [9.17, 15) is 5.11 Å². The molecule has 30 heavy (non-hydrogen) atoms. The molecule has 0 fully saturated rings. The minimum atomic E-state index is -1.05. The maximum absolute atomic E-state index is 12.0. The Kier molecular flexibility index (Phi) is 4.92. The van der Waals surface area contributed by atoms with Crippen LogP contribution in [0.4, 0.5) is 5.69 Å². The molecule has 0 bridgehead atoms. The number of amidine groups is 1. The van der Waals surface area contributed by atoms with Gasteiger partial charge in [0.15, 0.2) is 6.54 Å². The minimum Gasteiger partial charge on any atom is -0.346 e. The highest BCUT2D eigenvalue weighted by Crippen LogP contribution is 2.38. The lowest BCUT2D eigenvalue weighted by atomic mass is 9.98. The number of aryl methyl sites for hydroxylation is 1. The summed E-state index contributed by atoms with van der Waals surface area (Å²) in [5.74, 6) is 1.25. The maximum Gasteiger partial charge on any atom is 0.275 e. The molecule has 0 amide bonds. The van der Waals surface area contributed by atoms with Gasteiger partial charge in [-0.15, -0.1) is 0 Å². The Labute approximate surface area is 178 Å². The van der Waals surface area contributed by atoms with Crippen molar-refractivity contribution in [2.45, 2.75) is 38.3 Å². The van der Waals surface area contributed by atoms with Crippen molar-refractivity contribution in [3.05, 3.63) is 90.0 Å². The normalized spacial score (nSPS) is 21.5. The summed E-state index contributed by atoms with van der Waals surface area (Å²) in [5.41, 5.74) is 4.58. The molecule has 3 nitrogen and oxygen atoms in total. The van der Waals surface area contributed by atoms with Gasteiger partial charge in [0, 0.05) is 12.0 Å². The van der Waals surface area contributed by atoms with E-state index >= 15 is 0 Å². The lowest BCUT2D eigenvalue weighted by molar-refractivity contribution is -0.534. The molecule has 0 saturated carbocycles. The van der Waals surface area contributed by atoms with Gasteiger partial charge in [0.1, 0.15) is 5.69 Å². The van der Waals surface area contributed by atoms with Gasteiger partial charge in [0.2, 0.25) is 0 Å². The molecule has 0 aliphatic carbocycles. The average Bonchev–Trinajstić information content (AvgIpc) is 2.90. The van der Waals surface area contributed by atoms with Crippen molar-refractivity contribution in [1.29, 1.82) is 0 Å². The number of rotatable bonds is 3. The standard InChI is InChI=1S/C27H29N2O/c1-21-11-15-24(16-12-21)27(30)20-28-19-7-3-6-10-26(28)29(27)25-17-13-23(14-18-25)22-8-4-2-5-9-22/h2,4-5,8-9,11-18,30H,3,6-7,10,19-20H2,1H3/q+1/t27-/m0/s1. The second-order valence-corrected chi connectivity index (χ2v) is 8.58. The predicted octanol–water partition coefficient (Wildman–Crippen LogP) is 5.31. The smallest absolute Gasteiger partial charge is 0.275 e. The highest BCUT2D eigenvalue weighted by atomic mass is 16.3. The summed E-state index contributed by atoms with van der Waals surface area (Å²) >= 11 is 0. The number of anilines is 1. The van der Waals surface area contributed by atoms with Gasteiger partial charge in [0.05, 0.1) is 6.54 Å². The maximum atomic E-state index is 12.0. The molecular formula is C27H29N2O+. The molecular weight excluding hydrogens is 368 g/mol. The summed E-state index contributed by atoms with van der Waals surface area (Å²) in [6.07, 6.45) is 4.63. The van der Waals surface area contributed by atoms with Gasteiger partial charge >= 0.3 is 0 Å². The van der Waals surface area contributed by atoms with Crippen molar-refractivity contribution in [2.75, 3.05) is 18.0 Å². The van der Waals surface area contributed by atoms with Crippen LogP contribution in [-0.2, 0) is 5.72 Å². The molecule has 5 rings (SSSR count). The quantitative estimate of drug-likeness (QED) is 0.606. The minimum absolute atomic E-state index is 0.617. The highest BCUT2D eigenvalue weighted by Gasteiger charge is 2.53. The van der Waals surface area contributed by atoms with Crippen molar-refractivity contribution in [3.63, 3.8) is 0 Å². The largest absolute Gasteiger partial charge is 0.346 e. The van der Waals surface area contributed by atoms with Crippen LogP contribution in [0.15, 0.2) is 78.9 Å². The Morgan fingerprint density at radius 1 is 0.800 bits per heavy atom. The van der Waals surface area contributed by atoms with Crippen LogP contribution in [0.1, 0.15) is 36.8 Å². The molecule has 1 atom stereocenters. The molecule has 2 aliphatic heterocycles. The number of nitrogens with zero attached hydrogens (tertiary/aromatic N) is 2. The molecule has 3 aromatic carbocycles. The summed E-state index contributed by atoms with van der Waals surface area (Å²) in [7, 11) is 0. The van der Waals surface area contributed by atoms with E-state index in [4.69, 9.17) is 0 Å². The lowest BCUT2D eigenvalue weighted by Crippen LogP contribution is -2.47. The Morgan fingerprint density at radius 2 is 1.50 bits per heavy atom. The number of hydrogen-bond acceptors (Lipinski definition) is 2. The molecule has 0 radical (unpaired) electrons. The fourth-order valence-corrected chi connectivity index (χ4v) is 4.86. The van der Waals surface area contributed by atoms with Crippen LogP contribution >= 0.6 is 0 Å². The predicted molar refractivity (Wildman–Crippen MR) is 123 cm³/mol. The molecule has 0 saturated heterocycles. The Hall–Kier alpha value is -2.91. The fourth-order valence-electron chi connectivity index (χ4n) is 4.86. The van der Waals surface area contributed by atoms with Crippen molar-refractivity contribution in [3.8, 4) is 11.1 Å². The summed E-state index contributed by atoms with van der Waals surface area (Å²) in [6, 6.07) is 27.4. The van der Waals surface area contributed by atoms with E-state index < -0.39 is 5.72 Å². The van der Waals surface area contributed by atoms with Gasteiger partial charge in [-0.25, -0.2) is 0 Å². The van der Waals surface area contributed by atoms with Crippen LogP contribution in [-0.4, -0.2) is 28.6 Å². The number of benzene rings is 3. The van der Waals surface area contributed by atoms with Crippen molar-refractivity contribution < 1.29 is 9.68 Å². The first-order valence-electron chi connectivity index (χ1n) is 11.0. The first-order valence-corrected chi connectivity index (χ1v) is 11.0. The highest BCUT2D eigenvalue weighted by molar-refractivity contribution is 5.97. The van der Waals surface area contributed by atoms with E-state index in [-0.39, 0.29) is 0 Å². The van der Waals surface area contributed by atoms with Gasteiger partial charge in [-0.2, -0.15) is 4.90 Å². The topological polar surface area (TPSA) is 26.5 Å². The van der Waals surface area contributed by atoms with Gasteiger partial charge in [-0.05, 0) is 49.4 Å². The summed E-state index contributed by atoms with van der Waals surface area (Å²) in [4.78, 5) is 2.19. The average molecular weight is 398 g/mol. The van der Waals surface area contributed by atoms with Crippen molar-refractivity contribution in [2.24, 2.45) is 0 Å². The van der Waals surface area contributed by atoms with Gasteiger partial charge in [-0.3, -0.25) is 4.58 Å². The second kappa shape index (κ2) is 7.73. The third kappa shape index (κ3) is 3.33. The zero-order chi connectivity index (χ0) is 20.6. The van der Waals surface area contributed by atoms with E-state index in [0.29, 0.717) is 6.54 Å². The first-order chi connectivity index (χ1) is 14.6. The van der Waals surface area contributed by atoms with Crippen molar-refractivity contribution in [1.82, 2.24) is 0 Å². The molecule has 2 heterocycles. The van der Waals surface area contributed by atoms with Gasteiger partial charge in [0.25, 0.3) is 11.6 Å². The van der Waals surface area contributed by atoms with Crippen LogP contribution < -0.4 is 4.90 Å². The van der Waals surface area contributed by atoms with E-state index in [1.165, 1.54) is 41.8 Å². The van der Waals surface area contributed by atoms with Crippen LogP contribution in [0.25, 0.3) is 11.1 Å². The lowest BCUT2D eigenvalue weighted by Gasteiger charge is -2.29. The van der Waals surface area contributed by atoms with Crippen LogP contribution in [0, 0.1) is 6.92 Å². The third-order valence-corrected chi connectivity index (χ3v) is 6.48. The molecule has 1 N–H and O–H groups in total. The Balaban J connectivity index is 1.57. The molecule has 0 spiro atoms. The van der Waals surface area contributed by atoms with E-state index in [2.05, 4.69) is 89.2 Å². The SMILES string of the molecule is Cc1ccc([C@@]2(O)C[N+]3=C(CCCCC3)N2c2ccc(-c3ccccc3)cc2)cc1. The molecule has 3 heteroatoms. The summed E-state index contributed by atoms with van der Waals surface area (Å²) < 4.78 is 2.40. The summed E-state index contributed by atoms with van der Waals surface area (Å²) in [6.45, 7) is 3.72. The third-order valence-electron chi connectivity index (χ3n) is 6.48. The monoisotopic (exact) mass is 397 g/mol. The van der Waals surface area contributed by atoms with Crippen LogP contribution in [0.3, 0.4) is 0 Å². The molecule has 0 aromatic heterocycles. The van der Waals surface area contributed by atoms with E-state index in [1.807, 2.05) is 6.07 Å². The number of hydrogen-bond donors (Lipinski definition) is 1.